The molecule has 0 aliphatic carbocycles. The lowest BCUT2D eigenvalue weighted by Gasteiger charge is -2.11. The van der Waals surface area contributed by atoms with Gasteiger partial charge in [-0.25, -0.2) is 0 Å². The molecule has 0 spiro atoms. The number of anilines is 1. The number of rotatable bonds is 6. The Bertz CT molecular complexity index is 552. The van der Waals surface area contributed by atoms with Gasteiger partial charge in [-0.15, -0.1) is 0 Å². The van der Waals surface area contributed by atoms with Crippen LogP contribution in [0.5, 0.6) is 17.2 Å². The van der Waals surface area contributed by atoms with Crippen LogP contribution in [0.2, 0.25) is 0 Å². The summed E-state index contributed by atoms with van der Waals surface area (Å²) in [5, 5.41) is 0. The van der Waals surface area contributed by atoms with Crippen molar-refractivity contribution in [2.75, 3.05) is 26.1 Å². The van der Waals surface area contributed by atoms with Gasteiger partial charge in [0.15, 0.2) is 0 Å². The second-order valence-corrected chi connectivity index (χ2v) is 4.41. The van der Waals surface area contributed by atoms with Crippen molar-refractivity contribution in [2.45, 2.75) is 6.92 Å². The van der Waals surface area contributed by atoms with Crippen molar-refractivity contribution in [1.82, 2.24) is 0 Å². The Kier molecular flexibility index (Phi) is 4.71. The molecule has 4 nitrogen and oxygen atoms in total. The van der Waals surface area contributed by atoms with Gasteiger partial charge in [0.25, 0.3) is 0 Å². The quantitative estimate of drug-likeness (QED) is 0.649. The van der Waals surface area contributed by atoms with Crippen molar-refractivity contribution in [1.29, 1.82) is 0 Å². The predicted octanol–water partition coefficient (Wildman–Crippen LogP) is 3.04. The second-order valence-electron chi connectivity index (χ2n) is 4.41. The highest BCUT2D eigenvalue weighted by Crippen LogP contribution is 2.22. The molecule has 0 saturated carbocycles. The first kappa shape index (κ1) is 14.1. The Labute approximate surface area is 119 Å². The van der Waals surface area contributed by atoms with Gasteiger partial charge in [-0.3, -0.25) is 0 Å². The highest BCUT2D eigenvalue weighted by atomic mass is 16.5. The van der Waals surface area contributed by atoms with E-state index in [0.29, 0.717) is 24.7 Å². The molecule has 0 fully saturated rings. The van der Waals surface area contributed by atoms with Crippen molar-refractivity contribution in [3.63, 3.8) is 0 Å². The van der Waals surface area contributed by atoms with Crippen LogP contribution in [0.15, 0.2) is 42.5 Å². The van der Waals surface area contributed by atoms with E-state index in [2.05, 4.69) is 0 Å². The van der Waals surface area contributed by atoms with Crippen LogP contribution in [-0.2, 0) is 0 Å². The second kappa shape index (κ2) is 6.70. The molecule has 0 atom stereocenters. The van der Waals surface area contributed by atoms with E-state index in [1.807, 2.05) is 49.4 Å². The van der Waals surface area contributed by atoms with E-state index in [-0.39, 0.29) is 0 Å². The fraction of sp³-hybridized carbons (Fsp3) is 0.250. The summed E-state index contributed by atoms with van der Waals surface area (Å²) in [7, 11) is 1.63. The van der Waals surface area contributed by atoms with Crippen LogP contribution in [0, 0.1) is 6.92 Å². The fourth-order valence-corrected chi connectivity index (χ4v) is 1.75. The van der Waals surface area contributed by atoms with E-state index in [1.165, 1.54) is 0 Å². The zero-order chi connectivity index (χ0) is 14.4. The van der Waals surface area contributed by atoms with Gasteiger partial charge in [0.1, 0.15) is 30.5 Å². The van der Waals surface area contributed by atoms with E-state index < -0.39 is 0 Å². The maximum absolute atomic E-state index is 5.84. The highest BCUT2D eigenvalue weighted by Gasteiger charge is 2.01. The third kappa shape index (κ3) is 3.82. The first-order valence-electron chi connectivity index (χ1n) is 6.45. The van der Waals surface area contributed by atoms with Gasteiger partial charge in [0.05, 0.1) is 12.8 Å². The number of methoxy groups -OCH3 is 1. The van der Waals surface area contributed by atoms with Crippen molar-refractivity contribution < 1.29 is 14.2 Å². The van der Waals surface area contributed by atoms with Crippen molar-refractivity contribution in [2.24, 2.45) is 0 Å². The lowest BCUT2D eigenvalue weighted by Crippen LogP contribution is -2.10. The average molecular weight is 273 g/mol. The van der Waals surface area contributed by atoms with Gasteiger partial charge in [0.2, 0.25) is 0 Å². The standard InChI is InChI=1S/C16H19NO3/c1-12-3-8-15(17)16(11-12)20-10-9-19-14-6-4-13(18-2)5-7-14/h3-8,11H,9-10,17H2,1-2H3. The largest absolute Gasteiger partial charge is 0.497 e. The molecule has 2 rings (SSSR count). The SMILES string of the molecule is COc1ccc(OCCOc2cc(C)ccc2N)cc1. The number of nitrogen functional groups attached to an aromatic ring is 1. The van der Waals surface area contributed by atoms with E-state index in [9.17, 15) is 0 Å². The Balaban J connectivity index is 1.79. The number of benzene rings is 2. The smallest absolute Gasteiger partial charge is 0.142 e. The molecule has 2 aromatic carbocycles. The van der Waals surface area contributed by atoms with Gasteiger partial charge in [0, 0.05) is 0 Å². The van der Waals surface area contributed by atoms with E-state index >= 15 is 0 Å². The summed E-state index contributed by atoms with van der Waals surface area (Å²) in [6.07, 6.45) is 0. The third-order valence-electron chi connectivity index (χ3n) is 2.84. The van der Waals surface area contributed by atoms with Crippen LogP contribution in [0.1, 0.15) is 5.56 Å². The molecule has 106 valence electrons. The fourth-order valence-electron chi connectivity index (χ4n) is 1.75. The number of hydrogen-bond donors (Lipinski definition) is 1. The van der Waals surface area contributed by atoms with Crippen molar-refractivity contribution in [3.8, 4) is 17.2 Å². The Morgan fingerprint density at radius 2 is 1.55 bits per heavy atom. The van der Waals surface area contributed by atoms with Gasteiger partial charge in [-0.2, -0.15) is 0 Å². The Morgan fingerprint density at radius 3 is 2.25 bits per heavy atom. The van der Waals surface area contributed by atoms with E-state index in [1.54, 1.807) is 7.11 Å². The van der Waals surface area contributed by atoms with Crippen molar-refractivity contribution in [3.05, 3.63) is 48.0 Å². The topological polar surface area (TPSA) is 53.7 Å². The van der Waals surface area contributed by atoms with Crippen LogP contribution in [-0.4, -0.2) is 20.3 Å². The monoisotopic (exact) mass is 273 g/mol. The molecule has 0 radical (unpaired) electrons. The maximum atomic E-state index is 5.84. The van der Waals surface area contributed by atoms with Crippen LogP contribution < -0.4 is 19.9 Å². The summed E-state index contributed by atoms with van der Waals surface area (Å²) in [6, 6.07) is 13.1. The molecule has 20 heavy (non-hydrogen) atoms. The summed E-state index contributed by atoms with van der Waals surface area (Å²) < 4.78 is 16.3. The molecular weight excluding hydrogens is 254 g/mol. The molecule has 0 saturated heterocycles. The average Bonchev–Trinajstić information content (AvgIpc) is 2.47. The summed E-state index contributed by atoms with van der Waals surface area (Å²) >= 11 is 0. The van der Waals surface area contributed by atoms with Gasteiger partial charge < -0.3 is 19.9 Å². The van der Waals surface area contributed by atoms with Crippen LogP contribution in [0.25, 0.3) is 0 Å². The van der Waals surface area contributed by atoms with Gasteiger partial charge in [-0.1, -0.05) is 6.07 Å². The maximum Gasteiger partial charge on any atom is 0.142 e. The highest BCUT2D eigenvalue weighted by molar-refractivity contribution is 5.53. The number of aryl methyl sites for hydroxylation is 1. The minimum atomic E-state index is 0.444. The molecule has 0 unspecified atom stereocenters. The summed E-state index contributed by atoms with van der Waals surface area (Å²) in [5.41, 5.74) is 7.59. The van der Waals surface area contributed by atoms with Crippen LogP contribution in [0.4, 0.5) is 5.69 Å². The van der Waals surface area contributed by atoms with Crippen molar-refractivity contribution >= 4 is 5.69 Å². The van der Waals surface area contributed by atoms with Gasteiger partial charge >= 0.3 is 0 Å². The zero-order valence-electron chi connectivity index (χ0n) is 11.8. The molecule has 2 N–H and O–H groups in total. The molecule has 0 aromatic heterocycles. The minimum absolute atomic E-state index is 0.444. The van der Waals surface area contributed by atoms with E-state index in [0.717, 1.165) is 17.1 Å². The predicted molar refractivity (Wildman–Crippen MR) is 79.6 cm³/mol. The number of hydrogen-bond acceptors (Lipinski definition) is 4. The molecule has 0 heterocycles. The summed E-state index contributed by atoms with van der Waals surface area (Å²) in [4.78, 5) is 0. The first-order valence-corrected chi connectivity index (χ1v) is 6.45. The number of nitrogens with two attached hydrogens (primary N) is 1. The Morgan fingerprint density at radius 1 is 0.900 bits per heavy atom. The first-order chi connectivity index (χ1) is 9.69. The molecule has 0 aliphatic heterocycles. The lowest BCUT2D eigenvalue weighted by atomic mass is 10.2. The van der Waals surface area contributed by atoms with Crippen LogP contribution >= 0.6 is 0 Å². The Hall–Kier alpha value is -2.36. The molecule has 0 aliphatic rings. The molecular formula is C16H19NO3. The van der Waals surface area contributed by atoms with Crippen LogP contribution in [0.3, 0.4) is 0 Å². The molecule has 2 aromatic rings. The van der Waals surface area contributed by atoms with Gasteiger partial charge in [-0.05, 0) is 48.9 Å². The summed E-state index contributed by atoms with van der Waals surface area (Å²) in [5.74, 6) is 2.29. The molecule has 4 heteroatoms. The normalized spacial score (nSPS) is 10.1. The van der Waals surface area contributed by atoms with E-state index in [4.69, 9.17) is 19.9 Å². The minimum Gasteiger partial charge on any atom is -0.497 e. The summed E-state index contributed by atoms with van der Waals surface area (Å²) in [6.45, 7) is 2.90. The number of ether oxygens (including phenoxy) is 3. The lowest BCUT2D eigenvalue weighted by molar-refractivity contribution is 0.217. The molecule has 0 bridgehead atoms. The third-order valence-corrected chi connectivity index (χ3v) is 2.84. The molecule has 0 amide bonds. The zero-order valence-corrected chi connectivity index (χ0v) is 11.8.